The lowest BCUT2D eigenvalue weighted by atomic mass is 9.94. The topological polar surface area (TPSA) is 394 Å². The van der Waals surface area contributed by atoms with Crippen LogP contribution in [-0.4, -0.2) is 163 Å². The number of aliphatic hydroxyl groups is 2. The Morgan fingerprint density at radius 1 is 0.606 bits per heavy atom. The number of carboxylic acids is 5. The number of carbonyl (C=O) groups excluding carboxylic acids is 5. The summed E-state index contributed by atoms with van der Waals surface area (Å²) in [6.07, 6.45) is -3.32. The molecule has 25 heteroatoms. The first-order valence-corrected chi connectivity index (χ1v) is 21.9. The number of aliphatic hydroxyl groups excluding tert-OH is 2. The molecule has 0 saturated carbocycles. The first kappa shape index (κ1) is 55.9. The summed E-state index contributed by atoms with van der Waals surface area (Å²) in [7, 11) is 0. The minimum atomic E-state index is -1.84. The van der Waals surface area contributed by atoms with Crippen molar-refractivity contribution in [1.29, 1.82) is 0 Å². The maximum Gasteiger partial charge on any atom is 0.326 e. The third-order valence-electron chi connectivity index (χ3n) is 9.87. The molecule has 0 bridgehead atoms. The number of alkyl halides is 1. The van der Waals surface area contributed by atoms with Crippen molar-refractivity contribution in [2.24, 2.45) is 5.41 Å². The second-order valence-electron chi connectivity index (χ2n) is 15.2. The number of carbonyl (C=O) groups is 10. The molecule has 6 amide bonds. The van der Waals surface area contributed by atoms with Crippen LogP contribution < -0.4 is 31.9 Å². The van der Waals surface area contributed by atoms with Gasteiger partial charge in [-0.1, -0.05) is 65.1 Å². The van der Waals surface area contributed by atoms with E-state index in [4.69, 9.17) is 14.9 Å². The van der Waals surface area contributed by atoms with Gasteiger partial charge in [0.1, 0.15) is 36.8 Å². The van der Waals surface area contributed by atoms with Crippen molar-refractivity contribution in [2.45, 2.75) is 88.0 Å². The summed E-state index contributed by atoms with van der Waals surface area (Å²) in [6, 6.07) is 3.39. The fourth-order valence-electron chi connectivity index (χ4n) is 6.09. The number of ether oxygens (including phenoxy) is 1. The van der Waals surface area contributed by atoms with E-state index < -0.39 is 147 Å². The molecule has 66 heavy (non-hydrogen) atoms. The number of nitrogens with one attached hydrogen (secondary N) is 6. The zero-order chi connectivity index (χ0) is 49.4. The van der Waals surface area contributed by atoms with Crippen molar-refractivity contribution in [3.05, 3.63) is 48.0 Å². The number of benzene rings is 2. The van der Waals surface area contributed by atoms with Gasteiger partial charge in [-0.25, -0.2) is 14.4 Å². The number of aliphatic carboxylic acids is 5. The quantitative estimate of drug-likeness (QED) is 0.0236. The van der Waals surface area contributed by atoms with E-state index in [1.807, 2.05) is 46.1 Å². The molecule has 24 nitrogen and oxygen atoms in total. The number of carboxylic acid groups (broad SMARTS) is 5. The highest BCUT2D eigenvalue weighted by atomic mass is 127. The molecule has 364 valence electrons. The number of hydrogen-bond acceptors (Lipinski definition) is 13. The largest absolute Gasteiger partial charge is 0.481 e. The molecule has 5 atom stereocenters. The Balaban J connectivity index is 2.25. The molecule has 0 aliphatic carbocycles. The third kappa shape index (κ3) is 20.3. The van der Waals surface area contributed by atoms with Gasteiger partial charge >= 0.3 is 35.9 Å². The van der Waals surface area contributed by atoms with Gasteiger partial charge in [-0.2, -0.15) is 0 Å². The minimum absolute atomic E-state index is 0.0796. The fraction of sp³-hybridized carbons (Fsp3) is 0.512. The van der Waals surface area contributed by atoms with Gasteiger partial charge in [0.2, 0.25) is 23.6 Å². The smallest absolute Gasteiger partial charge is 0.326 e. The number of rotatable bonds is 32. The van der Waals surface area contributed by atoms with Crippen LogP contribution >= 0.6 is 22.6 Å². The second kappa shape index (κ2) is 28.7. The van der Waals surface area contributed by atoms with Gasteiger partial charge < -0.3 is 72.4 Å². The van der Waals surface area contributed by atoms with Gasteiger partial charge in [0.25, 0.3) is 0 Å². The highest BCUT2D eigenvalue weighted by Gasteiger charge is 2.32. The van der Waals surface area contributed by atoms with Crippen LogP contribution in [0.2, 0.25) is 0 Å². The predicted molar refractivity (Wildman–Crippen MR) is 237 cm³/mol. The predicted octanol–water partition coefficient (Wildman–Crippen LogP) is -1.04. The van der Waals surface area contributed by atoms with Crippen molar-refractivity contribution in [1.82, 2.24) is 31.9 Å². The van der Waals surface area contributed by atoms with E-state index in [-0.39, 0.29) is 43.3 Å². The molecule has 13 N–H and O–H groups in total. The zero-order valence-electron chi connectivity index (χ0n) is 35.5. The number of amides is 6. The number of hydrogen-bond donors (Lipinski definition) is 13. The lowest BCUT2D eigenvalue weighted by molar-refractivity contribution is -0.145. The van der Waals surface area contributed by atoms with E-state index in [9.17, 15) is 73.5 Å². The summed E-state index contributed by atoms with van der Waals surface area (Å²) in [5.74, 6) is -11.0. The van der Waals surface area contributed by atoms with Crippen LogP contribution in [0.4, 0.5) is 4.79 Å². The minimum Gasteiger partial charge on any atom is -0.481 e. The van der Waals surface area contributed by atoms with Crippen molar-refractivity contribution < 1.29 is 88.4 Å². The molecule has 0 spiro atoms. The van der Waals surface area contributed by atoms with E-state index in [2.05, 4.69) is 26.6 Å². The Morgan fingerprint density at radius 3 is 1.71 bits per heavy atom. The van der Waals surface area contributed by atoms with Gasteiger partial charge in [0.05, 0.1) is 26.2 Å². The van der Waals surface area contributed by atoms with Gasteiger partial charge in [-0.05, 0) is 48.4 Å². The van der Waals surface area contributed by atoms with Crippen molar-refractivity contribution in [2.75, 3.05) is 37.4 Å². The molecule has 5 unspecified atom stereocenters. The Kier molecular flexibility index (Phi) is 24.3. The van der Waals surface area contributed by atoms with Crippen molar-refractivity contribution >= 4 is 92.9 Å². The lowest BCUT2D eigenvalue weighted by Crippen LogP contribution is -2.57. The third-order valence-corrected chi connectivity index (χ3v) is 11.5. The summed E-state index contributed by atoms with van der Waals surface area (Å²) in [4.78, 5) is 123. The highest BCUT2D eigenvalue weighted by Crippen LogP contribution is 2.20. The molecule has 0 fully saturated rings. The average molecular weight is 1050 g/mol. The van der Waals surface area contributed by atoms with E-state index in [1.165, 1.54) is 0 Å². The molecule has 2 aromatic rings. The number of halogens is 1. The Hall–Kier alpha value is -6.19. The normalized spacial score (nSPS) is 13.4. The number of fused-ring (bicyclic) bond motifs is 1. The monoisotopic (exact) mass is 1050 g/mol. The highest BCUT2D eigenvalue weighted by molar-refractivity contribution is 14.1. The number of unbranched alkanes of at least 4 members (excludes halogenated alkanes) is 1. The molecule has 2 rings (SSSR count). The van der Waals surface area contributed by atoms with Crippen LogP contribution in [0.5, 0.6) is 0 Å². The van der Waals surface area contributed by atoms with Crippen LogP contribution in [0, 0.1) is 5.41 Å². The van der Waals surface area contributed by atoms with Crippen LogP contribution in [0.15, 0.2) is 42.5 Å². The molecule has 0 aliphatic heterocycles. The molecule has 0 radical (unpaired) electrons. The standard InChI is InChI=1S/C41H55IN6O18/c42-19-41(20-49,21-50)22-66-18-31(51)44-26(10-12-32(52)53)36(59)45-27(11-13-33(54)55)37(60)46-29(16-23-8-9-24-5-1-2-6-25(24)15-23)35(58)43-14-4-3-7-28(38(61)62)47-40(65)48-30(39(63)64)17-34(56)57/h1-2,5-6,8-9,15,26-30,49-50H,3-4,7,10-14,16-22H2,(H,43,58)(H,44,51)(H,45,59)(H,46,60)(H,52,53)(H,54,55)(H,56,57)(H,61,62)(H,63,64)(H2,47,48,65). The van der Waals surface area contributed by atoms with Gasteiger partial charge in [-0.15, -0.1) is 0 Å². The fourth-order valence-corrected chi connectivity index (χ4v) is 6.79. The summed E-state index contributed by atoms with van der Waals surface area (Å²) in [5.41, 5.74) is -0.487. The van der Waals surface area contributed by atoms with Crippen LogP contribution in [0.1, 0.15) is 56.9 Å². The van der Waals surface area contributed by atoms with E-state index in [0.717, 1.165) is 10.8 Å². The second-order valence-corrected chi connectivity index (χ2v) is 16.0. The maximum absolute atomic E-state index is 13.9. The summed E-state index contributed by atoms with van der Waals surface area (Å²) in [6.45, 7) is -1.92. The molecular weight excluding hydrogens is 991 g/mol. The van der Waals surface area contributed by atoms with E-state index in [0.29, 0.717) is 5.56 Å². The summed E-state index contributed by atoms with van der Waals surface area (Å²) in [5, 5.41) is 81.2. The average Bonchev–Trinajstić information content (AvgIpc) is 3.26. The van der Waals surface area contributed by atoms with Gasteiger partial charge in [0.15, 0.2) is 0 Å². The molecular formula is C41H55IN6O18. The van der Waals surface area contributed by atoms with Gasteiger partial charge in [-0.3, -0.25) is 33.6 Å². The first-order valence-electron chi connectivity index (χ1n) is 20.4. The van der Waals surface area contributed by atoms with Crippen molar-refractivity contribution in [3.8, 4) is 0 Å². The first-order chi connectivity index (χ1) is 31.2. The molecule has 0 aromatic heterocycles. The summed E-state index contributed by atoms with van der Waals surface area (Å²) >= 11 is 1.92. The molecule has 0 aliphatic rings. The Labute approximate surface area is 390 Å². The Bertz CT molecular complexity index is 2030. The SMILES string of the molecule is O=C(O)CCC(NC(=O)COCC(CO)(CO)CI)C(=O)NC(CCC(=O)O)C(=O)NC(Cc1ccc2ccccc2c1)C(=O)NCCCCC(NC(=O)NC(CC(=O)O)C(=O)O)C(=O)O. The molecule has 0 heterocycles. The van der Waals surface area contributed by atoms with E-state index >= 15 is 0 Å². The summed E-state index contributed by atoms with van der Waals surface area (Å²) < 4.78 is 5.61. The Morgan fingerprint density at radius 2 is 1.17 bits per heavy atom. The zero-order valence-corrected chi connectivity index (χ0v) is 37.7. The number of urea groups is 1. The molecule has 0 saturated heterocycles. The van der Waals surface area contributed by atoms with E-state index in [1.54, 1.807) is 24.3 Å². The van der Waals surface area contributed by atoms with Crippen LogP contribution in [-0.2, 0) is 54.3 Å². The van der Waals surface area contributed by atoms with Crippen molar-refractivity contribution in [3.63, 3.8) is 0 Å². The van der Waals surface area contributed by atoms with Crippen LogP contribution in [0.3, 0.4) is 0 Å². The maximum atomic E-state index is 13.9. The van der Waals surface area contributed by atoms with Crippen LogP contribution in [0.25, 0.3) is 10.8 Å². The lowest BCUT2D eigenvalue weighted by Gasteiger charge is -2.27. The molecule has 2 aromatic carbocycles. The van der Waals surface area contributed by atoms with Gasteiger partial charge in [0, 0.05) is 35.6 Å².